The van der Waals surface area contributed by atoms with Crippen molar-refractivity contribution in [1.82, 2.24) is 0 Å². The number of benzene rings is 3. The lowest BCUT2D eigenvalue weighted by atomic mass is 9.87. The molecule has 0 spiro atoms. The molecule has 3 aromatic rings. The topological polar surface area (TPSA) is 59.1 Å². The highest BCUT2D eigenvalue weighted by Gasteiger charge is 2.31. The van der Waals surface area contributed by atoms with Crippen molar-refractivity contribution in [2.45, 2.75) is 37.2 Å². The van der Waals surface area contributed by atoms with Gasteiger partial charge in [-0.05, 0) is 47.4 Å². The molecule has 6 heteroatoms. The van der Waals surface area contributed by atoms with Gasteiger partial charge in [-0.15, -0.1) is 0 Å². The lowest BCUT2D eigenvalue weighted by Gasteiger charge is -2.27. The standard InChI is InChI=1S/C25H27NO4S/c1-25(2,3)19-10-9-13-22(16-19)31(27,28)26(20-11-5-4-6-12-20)23-14-7-8-15-24(23)30-18-21-17-29-21/h4-16,21H,17-18H2,1-3H3. The number of para-hydroxylation sites is 3. The van der Waals surface area contributed by atoms with E-state index in [2.05, 4.69) is 20.8 Å². The van der Waals surface area contributed by atoms with Crippen LogP contribution in [0.2, 0.25) is 0 Å². The number of anilines is 2. The third-order valence-corrected chi connectivity index (χ3v) is 6.88. The third kappa shape index (κ3) is 4.75. The zero-order valence-corrected chi connectivity index (χ0v) is 18.8. The van der Waals surface area contributed by atoms with Crippen molar-refractivity contribution in [3.05, 3.63) is 84.4 Å². The Kier molecular flexibility index (Phi) is 5.77. The van der Waals surface area contributed by atoms with Gasteiger partial charge in [-0.25, -0.2) is 12.7 Å². The van der Waals surface area contributed by atoms with Crippen molar-refractivity contribution in [2.24, 2.45) is 0 Å². The minimum Gasteiger partial charge on any atom is -0.489 e. The predicted octanol–water partition coefficient (Wildman–Crippen LogP) is 5.29. The van der Waals surface area contributed by atoms with Crippen LogP contribution in [0, 0.1) is 0 Å². The number of ether oxygens (including phenoxy) is 2. The van der Waals surface area contributed by atoms with Gasteiger partial charge in [-0.2, -0.15) is 0 Å². The van der Waals surface area contributed by atoms with Crippen LogP contribution < -0.4 is 9.04 Å². The van der Waals surface area contributed by atoms with Gasteiger partial charge in [-0.1, -0.05) is 63.2 Å². The normalized spacial score (nSPS) is 16.0. The molecule has 0 bridgehead atoms. The molecule has 31 heavy (non-hydrogen) atoms. The SMILES string of the molecule is CC(C)(C)c1cccc(S(=O)(=O)N(c2ccccc2)c2ccccc2OCC2CO2)c1. The highest BCUT2D eigenvalue weighted by Crippen LogP contribution is 2.39. The Morgan fingerprint density at radius 2 is 1.65 bits per heavy atom. The Labute approximate surface area is 184 Å². The van der Waals surface area contributed by atoms with Gasteiger partial charge in [0.25, 0.3) is 10.0 Å². The second-order valence-corrected chi connectivity index (χ2v) is 10.4. The summed E-state index contributed by atoms with van der Waals surface area (Å²) in [5.41, 5.74) is 1.80. The molecule has 1 saturated heterocycles. The monoisotopic (exact) mass is 437 g/mol. The fourth-order valence-electron chi connectivity index (χ4n) is 3.29. The fourth-order valence-corrected chi connectivity index (χ4v) is 4.84. The molecule has 0 aliphatic carbocycles. The molecule has 0 radical (unpaired) electrons. The van der Waals surface area contributed by atoms with Crippen LogP contribution in [0.1, 0.15) is 26.3 Å². The lowest BCUT2D eigenvalue weighted by Crippen LogP contribution is -2.27. The first-order valence-corrected chi connectivity index (χ1v) is 11.8. The van der Waals surface area contributed by atoms with Gasteiger partial charge in [0.15, 0.2) is 0 Å². The molecule has 0 aromatic heterocycles. The van der Waals surface area contributed by atoms with Gasteiger partial charge in [0.2, 0.25) is 0 Å². The number of sulfonamides is 1. The van der Waals surface area contributed by atoms with Gasteiger partial charge in [0.05, 0.1) is 22.9 Å². The molecule has 5 nitrogen and oxygen atoms in total. The number of hydrogen-bond donors (Lipinski definition) is 0. The van der Waals surface area contributed by atoms with E-state index >= 15 is 0 Å². The average molecular weight is 438 g/mol. The summed E-state index contributed by atoms with van der Waals surface area (Å²) in [6, 6.07) is 23.4. The maximum Gasteiger partial charge on any atom is 0.268 e. The number of rotatable bonds is 7. The summed E-state index contributed by atoms with van der Waals surface area (Å²) in [4.78, 5) is 0.240. The number of hydrogen-bond acceptors (Lipinski definition) is 4. The van der Waals surface area contributed by atoms with E-state index in [1.165, 1.54) is 4.31 Å². The predicted molar refractivity (Wildman–Crippen MR) is 123 cm³/mol. The Bertz CT molecular complexity index is 1150. The Morgan fingerprint density at radius 1 is 0.968 bits per heavy atom. The minimum atomic E-state index is -3.91. The molecule has 0 saturated carbocycles. The highest BCUT2D eigenvalue weighted by molar-refractivity contribution is 7.93. The van der Waals surface area contributed by atoms with Crippen LogP contribution >= 0.6 is 0 Å². The molecule has 1 aliphatic heterocycles. The van der Waals surface area contributed by atoms with E-state index in [-0.39, 0.29) is 16.4 Å². The molecular formula is C25H27NO4S. The summed E-state index contributed by atoms with van der Waals surface area (Å²) in [6.45, 7) is 7.26. The molecule has 0 amide bonds. The first kappa shape index (κ1) is 21.4. The summed E-state index contributed by atoms with van der Waals surface area (Å²) in [6.07, 6.45) is 0.0679. The Hall–Kier alpha value is -2.83. The molecule has 0 N–H and O–H groups in total. The molecule has 1 aliphatic rings. The number of epoxide rings is 1. The van der Waals surface area contributed by atoms with Crippen LogP contribution in [0.25, 0.3) is 0 Å². The summed E-state index contributed by atoms with van der Waals surface area (Å²) in [5.74, 6) is 0.498. The molecule has 3 aromatic carbocycles. The van der Waals surface area contributed by atoms with Crippen LogP contribution in [0.5, 0.6) is 5.75 Å². The average Bonchev–Trinajstić information content (AvgIpc) is 3.58. The second-order valence-electron chi connectivity index (χ2n) is 8.62. The quantitative estimate of drug-likeness (QED) is 0.471. The van der Waals surface area contributed by atoms with E-state index in [1.807, 2.05) is 36.4 Å². The van der Waals surface area contributed by atoms with Crippen LogP contribution in [0.15, 0.2) is 83.8 Å². The van der Waals surface area contributed by atoms with Crippen LogP contribution in [0.3, 0.4) is 0 Å². The summed E-state index contributed by atoms with van der Waals surface area (Å²) >= 11 is 0. The molecule has 1 fully saturated rings. The molecule has 1 unspecified atom stereocenters. The lowest BCUT2D eigenvalue weighted by molar-refractivity contribution is 0.264. The van der Waals surface area contributed by atoms with Crippen molar-refractivity contribution >= 4 is 21.4 Å². The molecular weight excluding hydrogens is 410 g/mol. The molecule has 4 rings (SSSR count). The highest BCUT2D eigenvalue weighted by atomic mass is 32.2. The third-order valence-electron chi connectivity index (χ3n) is 5.14. The fraction of sp³-hybridized carbons (Fsp3) is 0.280. The van der Waals surface area contributed by atoms with E-state index in [4.69, 9.17) is 9.47 Å². The van der Waals surface area contributed by atoms with Gasteiger partial charge < -0.3 is 9.47 Å². The minimum absolute atomic E-state index is 0.0679. The Morgan fingerprint density at radius 3 is 2.32 bits per heavy atom. The van der Waals surface area contributed by atoms with Crippen LogP contribution in [-0.4, -0.2) is 27.7 Å². The van der Waals surface area contributed by atoms with Crippen molar-refractivity contribution in [1.29, 1.82) is 0 Å². The number of nitrogens with zero attached hydrogens (tertiary/aromatic N) is 1. The summed E-state index contributed by atoms with van der Waals surface area (Å²) in [7, 11) is -3.91. The first-order chi connectivity index (χ1) is 14.8. The zero-order valence-electron chi connectivity index (χ0n) is 18.0. The van der Waals surface area contributed by atoms with E-state index in [1.54, 1.807) is 42.5 Å². The molecule has 162 valence electrons. The van der Waals surface area contributed by atoms with Gasteiger partial charge >= 0.3 is 0 Å². The smallest absolute Gasteiger partial charge is 0.268 e. The first-order valence-electron chi connectivity index (χ1n) is 10.3. The maximum atomic E-state index is 14.0. The molecule has 1 heterocycles. The summed E-state index contributed by atoms with van der Waals surface area (Å²) in [5, 5.41) is 0. The van der Waals surface area contributed by atoms with Crippen molar-refractivity contribution in [2.75, 3.05) is 17.5 Å². The van der Waals surface area contributed by atoms with Crippen molar-refractivity contribution in [3.63, 3.8) is 0 Å². The van der Waals surface area contributed by atoms with Crippen molar-refractivity contribution in [3.8, 4) is 5.75 Å². The van der Waals surface area contributed by atoms with Gasteiger partial charge in [0.1, 0.15) is 18.5 Å². The maximum absolute atomic E-state index is 14.0. The van der Waals surface area contributed by atoms with Crippen LogP contribution in [-0.2, 0) is 20.2 Å². The van der Waals surface area contributed by atoms with Gasteiger partial charge in [0, 0.05) is 0 Å². The van der Waals surface area contributed by atoms with E-state index in [0.29, 0.717) is 30.3 Å². The second kappa shape index (κ2) is 8.36. The zero-order chi connectivity index (χ0) is 22.1. The van der Waals surface area contributed by atoms with Gasteiger partial charge in [-0.3, -0.25) is 0 Å². The molecule has 1 atom stereocenters. The van der Waals surface area contributed by atoms with Crippen molar-refractivity contribution < 1.29 is 17.9 Å². The van der Waals surface area contributed by atoms with Crippen LogP contribution in [0.4, 0.5) is 11.4 Å². The Balaban J connectivity index is 1.84. The summed E-state index contributed by atoms with van der Waals surface area (Å²) < 4.78 is 40.5. The largest absolute Gasteiger partial charge is 0.489 e. The van der Waals surface area contributed by atoms with E-state index in [9.17, 15) is 8.42 Å². The van der Waals surface area contributed by atoms with E-state index in [0.717, 1.165) is 5.56 Å². The van der Waals surface area contributed by atoms with E-state index < -0.39 is 10.0 Å².